The summed E-state index contributed by atoms with van der Waals surface area (Å²) >= 11 is 0. The molecule has 1 amide bonds. The van der Waals surface area contributed by atoms with Gasteiger partial charge in [-0.3, -0.25) is 14.9 Å². The molecule has 1 aromatic carbocycles. The third-order valence-electron chi connectivity index (χ3n) is 2.42. The van der Waals surface area contributed by atoms with Gasteiger partial charge in [0.05, 0.1) is 16.7 Å². The van der Waals surface area contributed by atoms with Gasteiger partial charge in [-0.25, -0.2) is 4.39 Å². The van der Waals surface area contributed by atoms with E-state index in [9.17, 15) is 19.3 Å². The molecule has 1 rings (SSSR count). The number of non-ortho nitro benzene ring substituents is 1. The van der Waals surface area contributed by atoms with Gasteiger partial charge < -0.3 is 10.6 Å². The molecule has 0 aromatic heterocycles. The summed E-state index contributed by atoms with van der Waals surface area (Å²) in [4.78, 5) is 21.5. The van der Waals surface area contributed by atoms with E-state index in [0.29, 0.717) is 0 Å². The van der Waals surface area contributed by atoms with E-state index in [1.165, 1.54) is 0 Å². The van der Waals surface area contributed by atoms with Crippen LogP contribution >= 0.6 is 0 Å². The number of hydrogen-bond donors (Lipinski definition) is 2. The third-order valence-corrected chi connectivity index (χ3v) is 2.42. The first kappa shape index (κ1) is 15.0. The molecule has 0 aliphatic carbocycles. The minimum absolute atomic E-state index is 0.0199. The molecule has 1 atom stereocenters. The van der Waals surface area contributed by atoms with E-state index in [2.05, 4.69) is 10.6 Å². The topological polar surface area (TPSA) is 84.3 Å². The molecule has 0 bridgehead atoms. The Morgan fingerprint density at radius 2 is 2.16 bits per heavy atom. The maximum atomic E-state index is 13.2. The average molecular weight is 269 g/mol. The first-order valence-electron chi connectivity index (χ1n) is 5.90. The highest BCUT2D eigenvalue weighted by Crippen LogP contribution is 2.20. The highest BCUT2D eigenvalue weighted by Gasteiger charge is 2.13. The number of nitrogens with zero attached hydrogens (tertiary/aromatic N) is 1. The molecular formula is C12H16FN3O3. The number of halogens is 1. The first-order valence-corrected chi connectivity index (χ1v) is 5.90. The van der Waals surface area contributed by atoms with Crippen LogP contribution in [0.25, 0.3) is 0 Å². The van der Waals surface area contributed by atoms with Crippen molar-refractivity contribution >= 4 is 17.3 Å². The largest absolute Gasteiger partial charge is 0.326 e. The molecule has 0 aliphatic heterocycles. The molecule has 0 fully saturated rings. The van der Waals surface area contributed by atoms with Gasteiger partial charge in [0, 0.05) is 18.5 Å². The fraction of sp³-hybridized carbons (Fsp3) is 0.417. The molecule has 0 heterocycles. The number of hydrogen-bond acceptors (Lipinski definition) is 4. The summed E-state index contributed by atoms with van der Waals surface area (Å²) in [6, 6.07) is 2.95. The number of nitro groups is 1. The van der Waals surface area contributed by atoms with Crippen molar-refractivity contribution < 1.29 is 14.1 Å². The quantitative estimate of drug-likeness (QED) is 0.611. The van der Waals surface area contributed by atoms with Crippen molar-refractivity contribution in [1.29, 1.82) is 0 Å². The van der Waals surface area contributed by atoms with Crippen molar-refractivity contribution in [2.75, 3.05) is 11.9 Å². The lowest BCUT2D eigenvalue weighted by molar-refractivity contribution is -0.385. The minimum atomic E-state index is -0.760. The molecule has 0 spiro atoms. The molecule has 0 radical (unpaired) electrons. The average Bonchev–Trinajstić information content (AvgIpc) is 2.27. The Hall–Kier alpha value is -2.02. The second kappa shape index (κ2) is 6.79. The zero-order chi connectivity index (χ0) is 14.4. The van der Waals surface area contributed by atoms with Gasteiger partial charge in [0.1, 0.15) is 5.82 Å². The van der Waals surface area contributed by atoms with Gasteiger partial charge in [-0.05, 0) is 19.5 Å². The predicted molar refractivity (Wildman–Crippen MR) is 69.4 cm³/mol. The van der Waals surface area contributed by atoms with Gasteiger partial charge in [0.2, 0.25) is 5.91 Å². The van der Waals surface area contributed by atoms with Crippen LogP contribution in [0, 0.1) is 15.9 Å². The monoisotopic (exact) mass is 269 g/mol. The Kier molecular flexibility index (Phi) is 5.37. The van der Waals surface area contributed by atoms with Crippen LogP contribution in [0.2, 0.25) is 0 Å². The van der Waals surface area contributed by atoms with Gasteiger partial charge in [-0.2, -0.15) is 0 Å². The fourth-order valence-corrected chi connectivity index (χ4v) is 1.66. The summed E-state index contributed by atoms with van der Waals surface area (Å²) < 4.78 is 13.2. The van der Waals surface area contributed by atoms with Crippen molar-refractivity contribution in [3.63, 3.8) is 0 Å². The molecular weight excluding hydrogens is 253 g/mol. The fourth-order valence-electron chi connectivity index (χ4n) is 1.66. The Labute approximate surface area is 110 Å². The van der Waals surface area contributed by atoms with E-state index in [-0.39, 0.29) is 24.1 Å². The smallest absolute Gasteiger partial charge is 0.274 e. The van der Waals surface area contributed by atoms with Crippen LogP contribution in [0.4, 0.5) is 15.8 Å². The van der Waals surface area contributed by atoms with Crippen molar-refractivity contribution in [2.24, 2.45) is 0 Å². The number of benzene rings is 1. The molecule has 2 N–H and O–H groups in total. The van der Waals surface area contributed by atoms with E-state index >= 15 is 0 Å². The standard InChI is InChI=1S/C12H16FN3O3/c1-3-14-8(2)4-12(17)15-10-5-9(13)6-11(7-10)16(18)19/h5-8,14H,3-4H2,1-2H3,(H,15,17). The Morgan fingerprint density at radius 1 is 1.47 bits per heavy atom. The Morgan fingerprint density at radius 3 is 2.74 bits per heavy atom. The van der Waals surface area contributed by atoms with Crippen molar-refractivity contribution in [3.8, 4) is 0 Å². The number of nitro benzene ring substituents is 1. The molecule has 0 saturated carbocycles. The Balaban J connectivity index is 2.71. The molecule has 1 aromatic rings. The summed E-state index contributed by atoms with van der Waals surface area (Å²) in [5, 5.41) is 16.1. The third kappa shape index (κ3) is 5.01. The number of anilines is 1. The van der Waals surface area contributed by atoms with E-state index in [4.69, 9.17) is 0 Å². The number of carbonyl (C=O) groups is 1. The van der Waals surface area contributed by atoms with Gasteiger partial charge in [0.25, 0.3) is 5.69 Å². The Bertz CT molecular complexity index is 479. The number of carbonyl (C=O) groups excluding carboxylic acids is 1. The lowest BCUT2D eigenvalue weighted by atomic mass is 10.2. The second-order valence-electron chi connectivity index (χ2n) is 4.17. The maximum Gasteiger partial charge on any atom is 0.274 e. The predicted octanol–water partition coefficient (Wildman–Crippen LogP) is 2.06. The van der Waals surface area contributed by atoms with Crippen LogP contribution in [0.3, 0.4) is 0 Å². The SMILES string of the molecule is CCNC(C)CC(=O)Nc1cc(F)cc([N+](=O)[O-])c1. The lowest BCUT2D eigenvalue weighted by Gasteiger charge is -2.12. The van der Waals surface area contributed by atoms with Crippen LogP contribution in [0.5, 0.6) is 0 Å². The number of rotatable bonds is 6. The molecule has 7 heteroatoms. The molecule has 6 nitrogen and oxygen atoms in total. The van der Waals surface area contributed by atoms with E-state index < -0.39 is 16.4 Å². The van der Waals surface area contributed by atoms with Gasteiger partial charge >= 0.3 is 0 Å². The normalized spacial score (nSPS) is 11.9. The molecule has 104 valence electrons. The zero-order valence-electron chi connectivity index (χ0n) is 10.8. The number of amides is 1. The summed E-state index contributed by atoms with van der Waals surface area (Å²) in [6.07, 6.45) is 0.206. The van der Waals surface area contributed by atoms with Gasteiger partial charge in [0.15, 0.2) is 0 Å². The van der Waals surface area contributed by atoms with Crippen LogP contribution in [-0.2, 0) is 4.79 Å². The summed E-state index contributed by atoms with van der Waals surface area (Å²) in [5.41, 5.74) is -0.310. The molecule has 19 heavy (non-hydrogen) atoms. The van der Waals surface area contributed by atoms with Gasteiger partial charge in [-0.1, -0.05) is 6.92 Å². The molecule has 1 unspecified atom stereocenters. The molecule has 0 aliphatic rings. The highest BCUT2D eigenvalue weighted by atomic mass is 19.1. The molecule has 0 saturated heterocycles. The van der Waals surface area contributed by atoms with Crippen molar-refractivity contribution in [1.82, 2.24) is 5.32 Å². The summed E-state index contributed by atoms with van der Waals surface area (Å²) in [7, 11) is 0. The minimum Gasteiger partial charge on any atom is -0.326 e. The van der Waals surface area contributed by atoms with E-state index in [1.807, 2.05) is 13.8 Å². The van der Waals surface area contributed by atoms with Crippen molar-refractivity contribution in [3.05, 3.63) is 34.1 Å². The summed E-state index contributed by atoms with van der Waals surface area (Å²) in [5.74, 6) is -1.09. The van der Waals surface area contributed by atoms with E-state index in [0.717, 1.165) is 24.7 Å². The first-order chi connectivity index (χ1) is 8.92. The van der Waals surface area contributed by atoms with Crippen LogP contribution in [-0.4, -0.2) is 23.4 Å². The highest BCUT2D eigenvalue weighted by molar-refractivity contribution is 5.91. The zero-order valence-corrected chi connectivity index (χ0v) is 10.8. The lowest BCUT2D eigenvalue weighted by Crippen LogP contribution is -2.30. The van der Waals surface area contributed by atoms with Crippen LogP contribution in [0.15, 0.2) is 18.2 Å². The number of nitrogens with one attached hydrogen (secondary N) is 2. The summed E-state index contributed by atoms with van der Waals surface area (Å²) in [6.45, 7) is 4.50. The maximum absolute atomic E-state index is 13.2. The van der Waals surface area contributed by atoms with Crippen molar-refractivity contribution in [2.45, 2.75) is 26.3 Å². The second-order valence-corrected chi connectivity index (χ2v) is 4.17. The van der Waals surface area contributed by atoms with E-state index in [1.54, 1.807) is 0 Å². The van der Waals surface area contributed by atoms with Crippen LogP contribution < -0.4 is 10.6 Å². The van der Waals surface area contributed by atoms with Gasteiger partial charge in [-0.15, -0.1) is 0 Å². The van der Waals surface area contributed by atoms with Crippen LogP contribution in [0.1, 0.15) is 20.3 Å².